The summed E-state index contributed by atoms with van der Waals surface area (Å²) in [5, 5.41) is 0. The van der Waals surface area contributed by atoms with Crippen LogP contribution in [-0.4, -0.2) is 36.2 Å². The normalized spacial score (nSPS) is 30.2. The van der Waals surface area contributed by atoms with Gasteiger partial charge in [-0.15, -0.1) is 0 Å². The van der Waals surface area contributed by atoms with Crippen LogP contribution in [0.15, 0.2) is 0 Å². The number of nitrogens with two attached hydrogens (primary N) is 1. The lowest BCUT2D eigenvalue weighted by Gasteiger charge is -2.34. The molecule has 1 aliphatic carbocycles. The number of piperidine rings is 1. The van der Waals surface area contributed by atoms with Crippen molar-refractivity contribution in [2.75, 3.05) is 19.6 Å². The summed E-state index contributed by atoms with van der Waals surface area (Å²) in [7, 11) is 0. The van der Waals surface area contributed by atoms with Crippen LogP contribution in [0.25, 0.3) is 0 Å². The van der Waals surface area contributed by atoms with Gasteiger partial charge in [-0.3, -0.25) is 0 Å². The van der Waals surface area contributed by atoms with Crippen molar-refractivity contribution in [3.63, 3.8) is 0 Å². The van der Waals surface area contributed by atoms with E-state index in [-0.39, 0.29) is 6.09 Å². The maximum absolute atomic E-state index is 12.1. The molecule has 116 valence electrons. The molecule has 4 heteroatoms. The van der Waals surface area contributed by atoms with Gasteiger partial charge in [-0.05, 0) is 77.2 Å². The molecular formula is C16H30N2O2. The van der Waals surface area contributed by atoms with E-state index >= 15 is 0 Å². The van der Waals surface area contributed by atoms with Gasteiger partial charge in [0.05, 0.1) is 0 Å². The number of hydrogen-bond acceptors (Lipinski definition) is 3. The second-order valence-corrected chi connectivity index (χ2v) is 7.50. The Kier molecular flexibility index (Phi) is 4.95. The Morgan fingerprint density at radius 3 is 2.65 bits per heavy atom. The molecule has 2 aliphatic rings. The number of amides is 1. The lowest BCUT2D eigenvalue weighted by molar-refractivity contribution is 0.0160. The van der Waals surface area contributed by atoms with Gasteiger partial charge in [-0.2, -0.15) is 0 Å². The van der Waals surface area contributed by atoms with E-state index in [1.807, 2.05) is 25.7 Å². The van der Waals surface area contributed by atoms with Crippen molar-refractivity contribution in [3.8, 4) is 0 Å². The molecule has 20 heavy (non-hydrogen) atoms. The zero-order valence-corrected chi connectivity index (χ0v) is 13.2. The smallest absolute Gasteiger partial charge is 0.410 e. The van der Waals surface area contributed by atoms with E-state index in [1.165, 1.54) is 25.7 Å². The monoisotopic (exact) mass is 282 g/mol. The molecule has 0 radical (unpaired) electrons. The number of carbonyl (C=O) groups is 1. The highest BCUT2D eigenvalue weighted by molar-refractivity contribution is 5.68. The Balaban J connectivity index is 1.72. The van der Waals surface area contributed by atoms with Crippen molar-refractivity contribution in [2.24, 2.45) is 23.5 Å². The molecule has 2 N–H and O–H groups in total. The van der Waals surface area contributed by atoms with Crippen LogP contribution >= 0.6 is 0 Å². The van der Waals surface area contributed by atoms with E-state index in [2.05, 4.69) is 0 Å². The molecule has 4 nitrogen and oxygen atoms in total. The first-order chi connectivity index (χ1) is 9.39. The average Bonchev–Trinajstić information content (AvgIpc) is 3.13. The first-order valence-corrected chi connectivity index (χ1v) is 8.07. The number of carbonyl (C=O) groups excluding carboxylic acids is 1. The van der Waals surface area contributed by atoms with Crippen molar-refractivity contribution in [1.29, 1.82) is 0 Å². The number of nitrogens with zero attached hydrogens (tertiary/aromatic N) is 1. The molecule has 1 amide bonds. The predicted octanol–water partition coefficient (Wildman–Crippen LogP) is 3.01. The first kappa shape index (κ1) is 15.6. The molecule has 2 fully saturated rings. The molecule has 3 unspecified atom stereocenters. The largest absolute Gasteiger partial charge is 0.444 e. The Labute approximate surface area is 123 Å². The van der Waals surface area contributed by atoms with Crippen LogP contribution in [0, 0.1) is 17.8 Å². The fraction of sp³-hybridized carbons (Fsp3) is 0.938. The first-order valence-electron chi connectivity index (χ1n) is 8.07. The molecule has 0 aromatic carbocycles. The molecule has 0 bridgehead atoms. The lowest BCUT2D eigenvalue weighted by atomic mass is 9.92. The Morgan fingerprint density at radius 2 is 2.05 bits per heavy atom. The van der Waals surface area contributed by atoms with Crippen LogP contribution in [-0.2, 0) is 4.74 Å². The second-order valence-electron chi connectivity index (χ2n) is 7.50. The van der Waals surface area contributed by atoms with Crippen molar-refractivity contribution < 1.29 is 9.53 Å². The number of ether oxygens (including phenoxy) is 1. The minimum absolute atomic E-state index is 0.145. The summed E-state index contributed by atoms with van der Waals surface area (Å²) in [6, 6.07) is 0. The average molecular weight is 282 g/mol. The van der Waals surface area contributed by atoms with Crippen LogP contribution in [0.2, 0.25) is 0 Å². The van der Waals surface area contributed by atoms with Crippen LogP contribution < -0.4 is 5.73 Å². The molecule has 2 rings (SSSR count). The van der Waals surface area contributed by atoms with E-state index in [0.717, 1.165) is 37.9 Å². The molecule has 1 saturated carbocycles. The van der Waals surface area contributed by atoms with E-state index < -0.39 is 5.60 Å². The molecule has 0 aromatic rings. The molecule has 1 heterocycles. The second kappa shape index (κ2) is 6.33. The zero-order chi connectivity index (χ0) is 14.8. The van der Waals surface area contributed by atoms with E-state index in [0.29, 0.717) is 5.92 Å². The molecule has 1 saturated heterocycles. The predicted molar refractivity (Wildman–Crippen MR) is 80.4 cm³/mol. The minimum atomic E-state index is -0.396. The lowest BCUT2D eigenvalue weighted by Crippen LogP contribution is -2.42. The van der Waals surface area contributed by atoms with Gasteiger partial charge in [0.2, 0.25) is 0 Å². The van der Waals surface area contributed by atoms with Crippen molar-refractivity contribution in [3.05, 3.63) is 0 Å². The maximum atomic E-state index is 12.1. The fourth-order valence-electron chi connectivity index (χ4n) is 3.20. The van der Waals surface area contributed by atoms with Gasteiger partial charge < -0.3 is 15.4 Å². The summed E-state index contributed by atoms with van der Waals surface area (Å²) in [5.41, 5.74) is 5.29. The van der Waals surface area contributed by atoms with E-state index in [9.17, 15) is 4.79 Å². The minimum Gasteiger partial charge on any atom is -0.444 e. The van der Waals surface area contributed by atoms with Crippen molar-refractivity contribution >= 4 is 6.09 Å². The molecule has 0 spiro atoms. The van der Waals surface area contributed by atoms with Crippen molar-refractivity contribution in [2.45, 2.75) is 58.5 Å². The summed E-state index contributed by atoms with van der Waals surface area (Å²) >= 11 is 0. The molecular weight excluding hydrogens is 252 g/mol. The summed E-state index contributed by atoms with van der Waals surface area (Å²) in [6.45, 7) is 8.33. The van der Waals surface area contributed by atoms with Gasteiger partial charge in [0.25, 0.3) is 0 Å². The Bertz CT molecular complexity index is 338. The highest BCUT2D eigenvalue weighted by atomic mass is 16.6. The van der Waals surface area contributed by atoms with E-state index in [4.69, 9.17) is 10.5 Å². The standard InChI is InChI=1S/C16H30N2O2/c1-16(2,3)20-15(19)18-8-4-5-12(11-18)6-7-13-9-14(13)10-17/h12-14H,4-11,17H2,1-3H3. The number of likely N-dealkylation sites (tertiary alicyclic amines) is 1. The van der Waals surface area contributed by atoms with Gasteiger partial charge in [-0.25, -0.2) is 4.79 Å². The molecule has 0 aromatic heterocycles. The summed E-state index contributed by atoms with van der Waals surface area (Å²) in [5.74, 6) is 2.28. The SMILES string of the molecule is CC(C)(C)OC(=O)N1CCCC(CCC2CC2CN)C1. The maximum Gasteiger partial charge on any atom is 0.410 e. The third kappa shape index (κ3) is 4.65. The zero-order valence-electron chi connectivity index (χ0n) is 13.2. The van der Waals surface area contributed by atoms with Gasteiger partial charge in [0, 0.05) is 13.1 Å². The van der Waals surface area contributed by atoms with Gasteiger partial charge >= 0.3 is 6.09 Å². The third-order valence-electron chi connectivity index (χ3n) is 4.49. The fourth-order valence-corrected chi connectivity index (χ4v) is 3.20. The quantitative estimate of drug-likeness (QED) is 0.862. The number of rotatable bonds is 4. The van der Waals surface area contributed by atoms with Gasteiger partial charge in [0.1, 0.15) is 5.60 Å². The van der Waals surface area contributed by atoms with Crippen LogP contribution in [0.4, 0.5) is 4.79 Å². The highest BCUT2D eigenvalue weighted by Crippen LogP contribution is 2.42. The van der Waals surface area contributed by atoms with Crippen LogP contribution in [0.5, 0.6) is 0 Å². The summed E-state index contributed by atoms with van der Waals surface area (Å²) in [4.78, 5) is 14.0. The van der Waals surface area contributed by atoms with Gasteiger partial charge in [0.15, 0.2) is 0 Å². The van der Waals surface area contributed by atoms with Crippen molar-refractivity contribution in [1.82, 2.24) is 4.90 Å². The Hall–Kier alpha value is -0.770. The van der Waals surface area contributed by atoms with Crippen LogP contribution in [0.3, 0.4) is 0 Å². The van der Waals surface area contributed by atoms with E-state index in [1.54, 1.807) is 0 Å². The van der Waals surface area contributed by atoms with Gasteiger partial charge in [-0.1, -0.05) is 0 Å². The molecule has 3 atom stereocenters. The third-order valence-corrected chi connectivity index (χ3v) is 4.49. The van der Waals surface area contributed by atoms with Crippen LogP contribution in [0.1, 0.15) is 52.9 Å². The Morgan fingerprint density at radius 1 is 1.30 bits per heavy atom. The topological polar surface area (TPSA) is 55.6 Å². The number of hydrogen-bond donors (Lipinski definition) is 1. The summed E-state index contributed by atoms with van der Waals surface area (Å²) < 4.78 is 5.47. The highest BCUT2D eigenvalue weighted by Gasteiger charge is 2.36. The molecule has 1 aliphatic heterocycles. The summed E-state index contributed by atoms with van der Waals surface area (Å²) in [6.07, 6.45) is 6.05.